The average Bonchev–Trinajstić information content (AvgIpc) is 2.79. The molecule has 0 aliphatic rings. The lowest BCUT2D eigenvalue weighted by molar-refractivity contribution is -0.141. The number of rotatable bonds is 9. The molecule has 0 radical (unpaired) electrons. The van der Waals surface area contributed by atoms with Crippen LogP contribution >= 0.6 is 11.6 Å². The van der Waals surface area contributed by atoms with Crippen molar-refractivity contribution in [2.75, 3.05) is 11.9 Å². The Morgan fingerprint density at radius 1 is 1.08 bits per heavy atom. The fraction of sp³-hybridized carbons (Fsp3) is 0.433. The van der Waals surface area contributed by atoms with E-state index in [9.17, 15) is 14.4 Å². The summed E-state index contributed by atoms with van der Waals surface area (Å²) in [6.07, 6.45) is 0.857. The molecule has 2 atom stereocenters. The molecule has 0 fully saturated rings. The van der Waals surface area contributed by atoms with Crippen LogP contribution in [0.15, 0.2) is 49.1 Å². The van der Waals surface area contributed by atoms with Crippen LogP contribution in [0.3, 0.4) is 0 Å². The van der Waals surface area contributed by atoms with E-state index in [1.54, 1.807) is 39.0 Å². The van der Waals surface area contributed by atoms with Gasteiger partial charge in [-0.05, 0) is 70.2 Å². The van der Waals surface area contributed by atoms with Crippen LogP contribution in [-0.2, 0) is 14.3 Å². The van der Waals surface area contributed by atoms with Crippen LogP contribution in [0.25, 0.3) is 0 Å². The van der Waals surface area contributed by atoms with Crippen molar-refractivity contribution in [2.45, 2.75) is 73.1 Å². The normalized spacial score (nSPS) is 12.9. The van der Waals surface area contributed by atoms with E-state index in [0.717, 1.165) is 16.7 Å². The SMILES string of the molecule is C=CCN(C(=O)C(NC(=O)OC(C)(C)C)C(C)C)C(C(=O)Nc1c(C)cccc1Cl)c1ccc(C)cc1C. The highest BCUT2D eigenvalue weighted by Gasteiger charge is 2.38. The van der Waals surface area contributed by atoms with Crippen LogP contribution in [0.4, 0.5) is 10.5 Å². The smallest absolute Gasteiger partial charge is 0.408 e. The van der Waals surface area contributed by atoms with Crippen molar-refractivity contribution in [3.63, 3.8) is 0 Å². The second-order valence-electron chi connectivity index (χ2n) is 10.8. The van der Waals surface area contributed by atoms with Crippen LogP contribution in [0.2, 0.25) is 5.02 Å². The summed E-state index contributed by atoms with van der Waals surface area (Å²) in [5.74, 6) is -1.14. The van der Waals surface area contributed by atoms with Crippen molar-refractivity contribution in [1.29, 1.82) is 0 Å². The number of para-hydroxylation sites is 1. The highest BCUT2D eigenvalue weighted by atomic mass is 35.5. The lowest BCUT2D eigenvalue weighted by Crippen LogP contribution is -2.54. The molecule has 2 aromatic rings. The average molecular weight is 542 g/mol. The summed E-state index contributed by atoms with van der Waals surface area (Å²) in [6.45, 7) is 18.5. The number of alkyl carbamates (subject to hydrolysis) is 1. The first-order chi connectivity index (χ1) is 17.7. The molecule has 0 saturated heterocycles. The molecule has 0 bridgehead atoms. The number of hydrogen-bond acceptors (Lipinski definition) is 4. The maximum absolute atomic E-state index is 14.1. The van der Waals surface area contributed by atoms with Crippen molar-refractivity contribution in [1.82, 2.24) is 10.2 Å². The highest BCUT2D eigenvalue weighted by molar-refractivity contribution is 6.34. The van der Waals surface area contributed by atoms with Gasteiger partial charge in [0.2, 0.25) is 5.91 Å². The van der Waals surface area contributed by atoms with Crippen LogP contribution in [0, 0.1) is 26.7 Å². The lowest BCUT2D eigenvalue weighted by Gasteiger charge is -2.35. The Morgan fingerprint density at radius 3 is 2.26 bits per heavy atom. The number of halogens is 1. The van der Waals surface area contributed by atoms with Gasteiger partial charge in [-0.15, -0.1) is 6.58 Å². The third-order valence-electron chi connectivity index (χ3n) is 5.96. The van der Waals surface area contributed by atoms with Gasteiger partial charge < -0.3 is 20.3 Å². The van der Waals surface area contributed by atoms with Crippen LogP contribution in [0.1, 0.15) is 62.9 Å². The molecule has 2 unspecified atom stereocenters. The first kappa shape index (κ1) is 30.9. The highest BCUT2D eigenvalue weighted by Crippen LogP contribution is 2.31. The molecule has 0 spiro atoms. The molecule has 0 aliphatic heterocycles. The number of nitrogens with one attached hydrogen (secondary N) is 2. The fourth-order valence-electron chi connectivity index (χ4n) is 4.15. The quantitative estimate of drug-likeness (QED) is 0.354. The first-order valence-corrected chi connectivity index (χ1v) is 13.1. The number of amides is 3. The number of hydrogen-bond donors (Lipinski definition) is 2. The van der Waals surface area contributed by atoms with E-state index in [1.807, 2.05) is 58.9 Å². The van der Waals surface area contributed by atoms with Crippen LogP contribution < -0.4 is 10.6 Å². The summed E-state index contributed by atoms with van der Waals surface area (Å²) in [6, 6.07) is 9.11. The zero-order valence-electron chi connectivity index (χ0n) is 23.6. The molecule has 2 rings (SSSR count). The molecule has 2 aromatic carbocycles. The minimum atomic E-state index is -1.02. The van der Waals surface area contributed by atoms with E-state index in [2.05, 4.69) is 17.2 Å². The Hall–Kier alpha value is -3.32. The molecule has 0 aromatic heterocycles. The predicted molar refractivity (Wildman–Crippen MR) is 153 cm³/mol. The third kappa shape index (κ3) is 8.09. The van der Waals surface area contributed by atoms with Crippen molar-refractivity contribution in [3.8, 4) is 0 Å². The molecular formula is C30H40ClN3O4. The van der Waals surface area contributed by atoms with E-state index in [1.165, 1.54) is 4.90 Å². The molecule has 0 aliphatic carbocycles. The topological polar surface area (TPSA) is 87.7 Å². The van der Waals surface area contributed by atoms with E-state index >= 15 is 0 Å². The number of ether oxygens (including phenoxy) is 1. The summed E-state index contributed by atoms with van der Waals surface area (Å²) in [5.41, 5.74) is 3.08. The van der Waals surface area contributed by atoms with Crippen molar-refractivity contribution in [2.24, 2.45) is 5.92 Å². The minimum absolute atomic E-state index is 0.0744. The first-order valence-electron chi connectivity index (χ1n) is 12.7. The standard InChI is InChI=1S/C30H40ClN3O4/c1-10-16-34(28(36)24(18(2)3)33-29(37)38-30(7,8)9)26(22-15-14-19(4)17-21(22)6)27(35)32-25-20(5)12-11-13-23(25)31/h10-15,17-18,24,26H,1,16H2,2-9H3,(H,32,35)(H,33,37). The zero-order chi connectivity index (χ0) is 28.8. The maximum Gasteiger partial charge on any atom is 0.408 e. The minimum Gasteiger partial charge on any atom is -0.444 e. The van der Waals surface area contributed by atoms with E-state index < -0.39 is 35.6 Å². The second-order valence-corrected chi connectivity index (χ2v) is 11.2. The molecular weight excluding hydrogens is 502 g/mol. The summed E-state index contributed by atoms with van der Waals surface area (Å²) < 4.78 is 5.40. The molecule has 38 heavy (non-hydrogen) atoms. The number of benzene rings is 2. The van der Waals surface area contributed by atoms with Gasteiger partial charge in [-0.25, -0.2) is 4.79 Å². The fourth-order valence-corrected chi connectivity index (χ4v) is 4.42. The van der Waals surface area contributed by atoms with Crippen LogP contribution in [0.5, 0.6) is 0 Å². The molecule has 3 amide bonds. The van der Waals surface area contributed by atoms with Gasteiger partial charge in [-0.1, -0.05) is 67.4 Å². The van der Waals surface area contributed by atoms with Crippen molar-refractivity contribution >= 4 is 35.2 Å². The van der Waals surface area contributed by atoms with Gasteiger partial charge in [-0.3, -0.25) is 9.59 Å². The Labute approximate surface area is 231 Å². The summed E-state index contributed by atoms with van der Waals surface area (Å²) in [7, 11) is 0. The van der Waals surface area contributed by atoms with Crippen molar-refractivity contribution in [3.05, 3.63) is 76.3 Å². The molecule has 0 saturated carbocycles. The monoisotopic (exact) mass is 541 g/mol. The van der Waals surface area contributed by atoms with Gasteiger partial charge in [0.1, 0.15) is 17.7 Å². The van der Waals surface area contributed by atoms with Gasteiger partial charge in [0.05, 0.1) is 10.7 Å². The zero-order valence-corrected chi connectivity index (χ0v) is 24.4. The number of carbonyl (C=O) groups excluding carboxylic acids is 3. The maximum atomic E-state index is 14.1. The Bertz CT molecular complexity index is 1170. The number of aryl methyl sites for hydroxylation is 3. The van der Waals surface area contributed by atoms with Gasteiger partial charge in [-0.2, -0.15) is 0 Å². The Kier molecular flexibility index (Phi) is 10.5. The van der Waals surface area contributed by atoms with E-state index in [4.69, 9.17) is 16.3 Å². The Balaban J connectivity index is 2.59. The Morgan fingerprint density at radius 2 is 1.74 bits per heavy atom. The predicted octanol–water partition coefficient (Wildman–Crippen LogP) is 6.51. The molecule has 8 heteroatoms. The van der Waals surface area contributed by atoms with E-state index in [0.29, 0.717) is 16.3 Å². The lowest BCUT2D eigenvalue weighted by atomic mass is 9.95. The number of carbonyl (C=O) groups is 3. The number of nitrogens with zero attached hydrogens (tertiary/aromatic N) is 1. The summed E-state index contributed by atoms with van der Waals surface area (Å²) >= 11 is 6.41. The summed E-state index contributed by atoms with van der Waals surface area (Å²) in [5, 5.41) is 6.05. The summed E-state index contributed by atoms with van der Waals surface area (Å²) in [4.78, 5) is 42.1. The van der Waals surface area contributed by atoms with Gasteiger partial charge in [0.25, 0.3) is 5.91 Å². The molecule has 2 N–H and O–H groups in total. The molecule has 0 heterocycles. The second kappa shape index (κ2) is 13.0. The largest absolute Gasteiger partial charge is 0.444 e. The van der Waals surface area contributed by atoms with Gasteiger partial charge in [0, 0.05) is 6.54 Å². The third-order valence-corrected chi connectivity index (χ3v) is 6.28. The van der Waals surface area contributed by atoms with E-state index in [-0.39, 0.29) is 12.5 Å². The van der Waals surface area contributed by atoms with Gasteiger partial charge in [0.15, 0.2) is 0 Å². The molecule has 7 nitrogen and oxygen atoms in total. The van der Waals surface area contributed by atoms with Gasteiger partial charge >= 0.3 is 6.09 Å². The van der Waals surface area contributed by atoms with Crippen molar-refractivity contribution < 1.29 is 19.1 Å². The number of anilines is 1. The molecule has 206 valence electrons. The van der Waals surface area contributed by atoms with Crippen LogP contribution in [-0.4, -0.2) is 41.0 Å².